The molecule has 0 N–H and O–H groups in total. The Balaban J connectivity index is 2.79. The van der Waals surface area contributed by atoms with Gasteiger partial charge in [-0.3, -0.25) is 10.1 Å². The number of benzene rings is 1. The van der Waals surface area contributed by atoms with Gasteiger partial charge in [0.25, 0.3) is 5.69 Å². The summed E-state index contributed by atoms with van der Waals surface area (Å²) in [6, 6.07) is 2.19. The Hall–Kier alpha value is -1.53. The molecule has 1 aromatic carbocycles. The van der Waals surface area contributed by atoms with Crippen LogP contribution in [-0.4, -0.2) is 23.6 Å². The molecule has 0 bridgehead atoms. The molecule has 0 saturated carbocycles. The lowest BCUT2D eigenvalue weighted by Gasteiger charge is -2.11. The number of carbonyl (C=O) groups is 1. The minimum Gasteiger partial charge on any atom is -0.479 e. The summed E-state index contributed by atoms with van der Waals surface area (Å²) in [7, 11) is 0. The highest BCUT2D eigenvalue weighted by Crippen LogP contribution is 2.36. The number of halogens is 2. The van der Waals surface area contributed by atoms with E-state index in [0.717, 1.165) is 12.1 Å². The molecule has 6 nitrogen and oxygen atoms in total. The molecule has 0 saturated heterocycles. The number of rotatable bonds is 5. The van der Waals surface area contributed by atoms with Crippen molar-refractivity contribution >= 4 is 34.9 Å². The van der Waals surface area contributed by atoms with E-state index < -0.39 is 10.9 Å². The van der Waals surface area contributed by atoms with Crippen molar-refractivity contribution in [2.75, 3.05) is 6.61 Å². The van der Waals surface area contributed by atoms with Crippen LogP contribution in [-0.2, 0) is 9.53 Å². The Bertz CT molecular complexity index is 481. The van der Waals surface area contributed by atoms with E-state index in [1.165, 1.54) is 0 Å². The molecule has 19 heavy (non-hydrogen) atoms. The molecular weight excluding hydrogens is 297 g/mol. The van der Waals surface area contributed by atoms with Crippen LogP contribution in [0.1, 0.15) is 13.8 Å². The van der Waals surface area contributed by atoms with E-state index in [1.807, 2.05) is 0 Å². The van der Waals surface area contributed by atoms with Crippen molar-refractivity contribution in [1.82, 2.24) is 0 Å². The van der Waals surface area contributed by atoms with Gasteiger partial charge in [0, 0.05) is 12.1 Å². The topological polar surface area (TPSA) is 78.7 Å². The summed E-state index contributed by atoms with van der Waals surface area (Å²) < 4.78 is 9.96. The zero-order chi connectivity index (χ0) is 14.6. The highest BCUT2D eigenvalue weighted by atomic mass is 35.5. The molecular formula is C11H11Cl2NO5. The van der Waals surface area contributed by atoms with Crippen LogP contribution in [0.5, 0.6) is 5.75 Å². The maximum absolute atomic E-state index is 11.3. The molecule has 0 amide bonds. The highest BCUT2D eigenvalue weighted by Gasteiger charge is 2.17. The molecule has 0 aliphatic carbocycles. The SMILES string of the molecule is CC(C)OC(=O)COc1c(Cl)cc([N+](=O)[O-])cc1Cl. The Morgan fingerprint density at radius 1 is 1.37 bits per heavy atom. The molecule has 8 heteroatoms. The van der Waals surface area contributed by atoms with E-state index in [-0.39, 0.29) is 34.2 Å². The molecule has 0 heterocycles. The highest BCUT2D eigenvalue weighted by molar-refractivity contribution is 6.37. The minimum absolute atomic E-state index is 0.00893. The second kappa shape index (κ2) is 6.58. The quantitative estimate of drug-likeness (QED) is 0.474. The summed E-state index contributed by atoms with van der Waals surface area (Å²) in [5.74, 6) is -0.574. The first kappa shape index (κ1) is 15.5. The molecule has 0 aromatic heterocycles. The normalized spacial score (nSPS) is 10.4. The van der Waals surface area contributed by atoms with Crippen LogP contribution >= 0.6 is 23.2 Å². The van der Waals surface area contributed by atoms with E-state index in [2.05, 4.69) is 0 Å². The van der Waals surface area contributed by atoms with Gasteiger partial charge in [0.05, 0.1) is 21.1 Å². The number of ether oxygens (including phenoxy) is 2. The van der Waals surface area contributed by atoms with E-state index in [9.17, 15) is 14.9 Å². The number of carbonyl (C=O) groups excluding carboxylic acids is 1. The summed E-state index contributed by atoms with van der Waals surface area (Å²) in [4.78, 5) is 21.2. The standard InChI is InChI=1S/C11H11Cl2NO5/c1-6(2)19-10(15)5-18-11-8(12)3-7(14(16)17)4-9(11)13/h3-4,6H,5H2,1-2H3. The average molecular weight is 308 g/mol. The summed E-state index contributed by atoms with van der Waals surface area (Å²) in [5.41, 5.74) is -0.257. The molecule has 0 radical (unpaired) electrons. The smallest absolute Gasteiger partial charge is 0.344 e. The van der Waals surface area contributed by atoms with Crippen molar-refractivity contribution in [1.29, 1.82) is 0 Å². The van der Waals surface area contributed by atoms with Gasteiger partial charge >= 0.3 is 5.97 Å². The van der Waals surface area contributed by atoms with Gasteiger partial charge < -0.3 is 9.47 Å². The van der Waals surface area contributed by atoms with Crippen LogP contribution < -0.4 is 4.74 Å². The van der Waals surface area contributed by atoms with Gasteiger partial charge in [-0.2, -0.15) is 0 Å². The molecule has 1 aromatic rings. The summed E-state index contributed by atoms with van der Waals surface area (Å²) in [6.07, 6.45) is -0.265. The van der Waals surface area contributed by atoms with E-state index in [1.54, 1.807) is 13.8 Å². The maximum atomic E-state index is 11.3. The number of nitrogens with zero attached hydrogens (tertiary/aromatic N) is 1. The molecule has 0 unspecified atom stereocenters. The fraction of sp³-hybridized carbons (Fsp3) is 0.364. The molecule has 0 fully saturated rings. The third-order valence-corrected chi connectivity index (χ3v) is 2.46. The molecule has 104 valence electrons. The number of hydrogen-bond donors (Lipinski definition) is 0. The molecule has 0 aliphatic heterocycles. The van der Waals surface area contributed by atoms with Crippen LogP contribution in [0.15, 0.2) is 12.1 Å². The fourth-order valence-electron chi connectivity index (χ4n) is 1.22. The van der Waals surface area contributed by atoms with Gasteiger partial charge in [0.2, 0.25) is 0 Å². The Morgan fingerprint density at radius 2 is 1.89 bits per heavy atom. The summed E-state index contributed by atoms with van der Waals surface area (Å²) >= 11 is 11.6. The van der Waals surface area contributed by atoms with Crippen LogP contribution in [0.25, 0.3) is 0 Å². The van der Waals surface area contributed by atoms with Gasteiger partial charge in [0.1, 0.15) is 0 Å². The first-order valence-corrected chi connectivity index (χ1v) is 6.02. The van der Waals surface area contributed by atoms with E-state index in [4.69, 9.17) is 32.7 Å². The summed E-state index contributed by atoms with van der Waals surface area (Å²) in [6.45, 7) is 3.02. The number of nitro benzene ring substituents is 1. The van der Waals surface area contributed by atoms with E-state index in [0.29, 0.717) is 0 Å². The first-order chi connectivity index (χ1) is 8.81. The largest absolute Gasteiger partial charge is 0.479 e. The Kier molecular flexibility index (Phi) is 5.38. The maximum Gasteiger partial charge on any atom is 0.344 e. The van der Waals surface area contributed by atoms with Crippen molar-refractivity contribution < 1.29 is 19.2 Å². The second-order valence-electron chi connectivity index (χ2n) is 3.82. The Morgan fingerprint density at radius 3 is 2.32 bits per heavy atom. The van der Waals surface area contributed by atoms with Gasteiger partial charge in [-0.1, -0.05) is 23.2 Å². The van der Waals surface area contributed by atoms with Crippen LogP contribution in [0.3, 0.4) is 0 Å². The van der Waals surface area contributed by atoms with Crippen LogP contribution in [0, 0.1) is 10.1 Å². The van der Waals surface area contributed by atoms with Crippen molar-refractivity contribution in [3.8, 4) is 5.75 Å². The predicted octanol–water partition coefficient (Wildman–Crippen LogP) is 3.23. The molecule has 1 rings (SSSR count). The molecule has 0 aliphatic rings. The van der Waals surface area contributed by atoms with Crippen molar-refractivity contribution in [3.05, 3.63) is 32.3 Å². The number of hydrogen-bond acceptors (Lipinski definition) is 5. The molecule has 0 spiro atoms. The lowest BCUT2D eigenvalue weighted by Crippen LogP contribution is -2.18. The molecule has 0 atom stereocenters. The zero-order valence-electron chi connectivity index (χ0n) is 10.2. The van der Waals surface area contributed by atoms with Crippen molar-refractivity contribution in [3.63, 3.8) is 0 Å². The van der Waals surface area contributed by atoms with E-state index >= 15 is 0 Å². The second-order valence-corrected chi connectivity index (χ2v) is 4.64. The monoisotopic (exact) mass is 307 g/mol. The zero-order valence-corrected chi connectivity index (χ0v) is 11.7. The minimum atomic E-state index is -0.630. The van der Waals surface area contributed by atoms with Gasteiger partial charge in [0.15, 0.2) is 12.4 Å². The summed E-state index contributed by atoms with van der Waals surface area (Å²) in [5, 5.41) is 10.5. The van der Waals surface area contributed by atoms with Crippen LogP contribution in [0.4, 0.5) is 5.69 Å². The Labute approximate surface area is 119 Å². The lowest BCUT2D eigenvalue weighted by atomic mass is 10.3. The van der Waals surface area contributed by atoms with Gasteiger partial charge in [-0.25, -0.2) is 4.79 Å². The number of esters is 1. The fourth-order valence-corrected chi connectivity index (χ4v) is 1.80. The third kappa shape index (κ3) is 4.57. The van der Waals surface area contributed by atoms with Crippen molar-refractivity contribution in [2.45, 2.75) is 20.0 Å². The van der Waals surface area contributed by atoms with Gasteiger partial charge in [-0.05, 0) is 13.8 Å². The predicted molar refractivity (Wildman–Crippen MR) is 69.8 cm³/mol. The van der Waals surface area contributed by atoms with Crippen molar-refractivity contribution in [2.24, 2.45) is 0 Å². The first-order valence-electron chi connectivity index (χ1n) is 5.27. The lowest BCUT2D eigenvalue weighted by molar-refractivity contribution is -0.384. The average Bonchev–Trinajstić information content (AvgIpc) is 2.26. The van der Waals surface area contributed by atoms with Gasteiger partial charge in [-0.15, -0.1) is 0 Å². The number of nitro groups is 1. The third-order valence-electron chi connectivity index (χ3n) is 1.90. The van der Waals surface area contributed by atoms with Crippen LogP contribution in [0.2, 0.25) is 10.0 Å². The number of non-ortho nitro benzene ring substituents is 1.